The van der Waals surface area contributed by atoms with E-state index in [2.05, 4.69) is 16.8 Å². The summed E-state index contributed by atoms with van der Waals surface area (Å²) in [6.07, 6.45) is 3.37. The van der Waals surface area contributed by atoms with Crippen LogP contribution in [0, 0.1) is 5.92 Å². The molecule has 1 N–H and O–H groups in total. The number of piperazine rings is 1. The number of aromatic nitrogens is 2. The molecular weight excluding hydrogens is 280 g/mol. The van der Waals surface area contributed by atoms with Gasteiger partial charge < -0.3 is 14.6 Å². The van der Waals surface area contributed by atoms with Crippen LogP contribution in [0.1, 0.15) is 39.1 Å². The molecule has 0 aromatic carbocycles. The molecule has 1 amide bonds. The van der Waals surface area contributed by atoms with E-state index in [-0.39, 0.29) is 24.3 Å². The molecule has 1 aromatic rings. The average Bonchev–Trinajstić information content (AvgIpc) is 2.92. The van der Waals surface area contributed by atoms with Crippen LogP contribution in [0.25, 0.3) is 0 Å². The van der Waals surface area contributed by atoms with Crippen LogP contribution in [0.15, 0.2) is 12.4 Å². The van der Waals surface area contributed by atoms with E-state index >= 15 is 0 Å². The van der Waals surface area contributed by atoms with Crippen LogP contribution in [-0.4, -0.2) is 62.6 Å². The summed E-state index contributed by atoms with van der Waals surface area (Å²) in [6.45, 7) is 9.15. The van der Waals surface area contributed by atoms with Gasteiger partial charge in [-0.15, -0.1) is 0 Å². The lowest BCUT2D eigenvalue weighted by Crippen LogP contribution is -2.51. The molecule has 124 valence electrons. The molecule has 22 heavy (non-hydrogen) atoms. The highest BCUT2D eigenvalue weighted by Crippen LogP contribution is 2.24. The summed E-state index contributed by atoms with van der Waals surface area (Å²) < 4.78 is 2.02. The summed E-state index contributed by atoms with van der Waals surface area (Å²) >= 11 is 0. The zero-order valence-electron chi connectivity index (χ0n) is 14.1. The van der Waals surface area contributed by atoms with Crippen LogP contribution in [0.2, 0.25) is 0 Å². The summed E-state index contributed by atoms with van der Waals surface area (Å²) in [5, 5.41) is 9.95. The van der Waals surface area contributed by atoms with Gasteiger partial charge in [0.2, 0.25) is 5.91 Å². The van der Waals surface area contributed by atoms with Gasteiger partial charge >= 0.3 is 0 Å². The lowest BCUT2D eigenvalue weighted by atomic mass is 10.0. The van der Waals surface area contributed by atoms with Crippen molar-refractivity contribution in [2.45, 2.75) is 39.3 Å². The molecule has 6 heteroatoms. The van der Waals surface area contributed by atoms with E-state index in [1.165, 1.54) is 0 Å². The molecule has 2 rings (SSSR count). The molecule has 0 radical (unpaired) electrons. The Kier molecular flexibility index (Phi) is 5.58. The molecule has 1 aromatic heterocycles. The topological polar surface area (TPSA) is 61.6 Å². The van der Waals surface area contributed by atoms with E-state index in [4.69, 9.17) is 0 Å². The molecule has 0 unspecified atom stereocenters. The molecule has 0 bridgehead atoms. The van der Waals surface area contributed by atoms with E-state index < -0.39 is 6.10 Å². The van der Waals surface area contributed by atoms with Gasteiger partial charge in [-0.1, -0.05) is 20.8 Å². The van der Waals surface area contributed by atoms with Crippen LogP contribution in [-0.2, 0) is 11.8 Å². The van der Waals surface area contributed by atoms with Gasteiger partial charge in [-0.05, 0) is 12.5 Å². The first-order valence-corrected chi connectivity index (χ1v) is 8.11. The second-order valence-electron chi connectivity index (χ2n) is 6.40. The van der Waals surface area contributed by atoms with Crippen molar-refractivity contribution in [1.29, 1.82) is 0 Å². The number of aliphatic hydroxyl groups excluding tert-OH is 1. The minimum Gasteiger partial charge on any atom is -0.392 e. The first-order chi connectivity index (χ1) is 10.4. The van der Waals surface area contributed by atoms with Crippen LogP contribution in [0.5, 0.6) is 0 Å². The van der Waals surface area contributed by atoms with Crippen molar-refractivity contribution in [3.8, 4) is 0 Å². The van der Waals surface area contributed by atoms with Crippen molar-refractivity contribution in [3.63, 3.8) is 0 Å². The summed E-state index contributed by atoms with van der Waals surface area (Å²) in [5.74, 6) is 1.13. The Morgan fingerprint density at radius 2 is 2.18 bits per heavy atom. The highest BCUT2D eigenvalue weighted by molar-refractivity contribution is 5.76. The van der Waals surface area contributed by atoms with Crippen molar-refractivity contribution < 1.29 is 9.90 Å². The van der Waals surface area contributed by atoms with Gasteiger partial charge in [0, 0.05) is 39.1 Å². The van der Waals surface area contributed by atoms with E-state index in [0.29, 0.717) is 6.54 Å². The molecule has 1 aliphatic rings. The van der Waals surface area contributed by atoms with Gasteiger partial charge in [-0.25, -0.2) is 4.98 Å². The lowest BCUT2D eigenvalue weighted by Gasteiger charge is -2.40. The maximum atomic E-state index is 12.4. The summed E-state index contributed by atoms with van der Waals surface area (Å²) in [7, 11) is 1.99. The minimum absolute atomic E-state index is 0.0381. The molecule has 0 aliphatic carbocycles. The smallest absolute Gasteiger partial charge is 0.225 e. The number of hydrogen-bond acceptors (Lipinski definition) is 4. The third kappa shape index (κ3) is 3.67. The summed E-state index contributed by atoms with van der Waals surface area (Å²) in [6, 6.07) is 0.124. The number of hydrogen-bond donors (Lipinski definition) is 1. The Morgan fingerprint density at radius 3 is 2.73 bits per heavy atom. The van der Waals surface area contributed by atoms with Gasteiger partial charge in [0.1, 0.15) is 5.82 Å². The Labute approximate surface area is 132 Å². The molecule has 2 atom stereocenters. The molecule has 1 saturated heterocycles. The van der Waals surface area contributed by atoms with Crippen molar-refractivity contribution in [1.82, 2.24) is 19.4 Å². The second-order valence-corrected chi connectivity index (χ2v) is 6.40. The normalized spacial score (nSPS) is 21.4. The van der Waals surface area contributed by atoms with Gasteiger partial charge in [0.25, 0.3) is 0 Å². The average molecular weight is 308 g/mol. The summed E-state index contributed by atoms with van der Waals surface area (Å²) in [5.41, 5.74) is 0. The first-order valence-electron chi connectivity index (χ1n) is 8.11. The minimum atomic E-state index is -0.566. The molecule has 1 fully saturated rings. The standard InChI is InChI=1S/C16H28N4O2/c1-5-19-8-9-20(15(22)10-14(21)12(2)3)11-13(19)16-17-6-7-18(16)4/h6-7,12-14,21H,5,8-11H2,1-4H3/t13-,14+/m1/s1. The number of carbonyl (C=O) groups excluding carboxylic acids is 1. The van der Waals surface area contributed by atoms with Crippen LogP contribution in [0.3, 0.4) is 0 Å². The Hall–Kier alpha value is -1.40. The number of nitrogens with zero attached hydrogens (tertiary/aromatic N) is 4. The third-order valence-corrected chi connectivity index (χ3v) is 4.56. The number of rotatable bonds is 5. The molecule has 0 saturated carbocycles. The molecular formula is C16H28N4O2. The number of likely N-dealkylation sites (N-methyl/N-ethyl adjacent to an activating group) is 1. The number of aryl methyl sites for hydroxylation is 1. The number of amides is 1. The molecule has 6 nitrogen and oxygen atoms in total. The first kappa shape index (κ1) is 17.0. The van der Waals surface area contributed by atoms with Crippen LogP contribution >= 0.6 is 0 Å². The Balaban J connectivity index is 2.07. The number of carbonyl (C=O) groups is 1. The fraction of sp³-hybridized carbons (Fsp3) is 0.750. The fourth-order valence-electron chi connectivity index (χ4n) is 2.91. The Morgan fingerprint density at radius 1 is 1.45 bits per heavy atom. The van der Waals surface area contributed by atoms with E-state index in [1.807, 2.05) is 36.6 Å². The SMILES string of the molecule is CCN1CCN(C(=O)C[C@H](O)C(C)C)C[C@@H]1c1nccn1C. The third-order valence-electron chi connectivity index (χ3n) is 4.56. The van der Waals surface area contributed by atoms with Crippen molar-refractivity contribution in [2.24, 2.45) is 13.0 Å². The molecule has 1 aliphatic heterocycles. The van der Waals surface area contributed by atoms with Crippen LogP contribution < -0.4 is 0 Å². The van der Waals surface area contributed by atoms with E-state index in [9.17, 15) is 9.90 Å². The van der Waals surface area contributed by atoms with Crippen molar-refractivity contribution in [3.05, 3.63) is 18.2 Å². The van der Waals surface area contributed by atoms with Gasteiger partial charge in [-0.2, -0.15) is 0 Å². The zero-order chi connectivity index (χ0) is 16.3. The predicted molar refractivity (Wildman–Crippen MR) is 85.2 cm³/mol. The van der Waals surface area contributed by atoms with Gasteiger partial charge in [0.05, 0.1) is 18.6 Å². The highest BCUT2D eigenvalue weighted by atomic mass is 16.3. The van der Waals surface area contributed by atoms with E-state index in [0.717, 1.165) is 25.5 Å². The number of aliphatic hydroxyl groups is 1. The van der Waals surface area contributed by atoms with Gasteiger partial charge in [0.15, 0.2) is 0 Å². The summed E-state index contributed by atoms with van der Waals surface area (Å²) in [4.78, 5) is 21.1. The Bertz CT molecular complexity index is 500. The monoisotopic (exact) mass is 308 g/mol. The molecule has 0 spiro atoms. The highest BCUT2D eigenvalue weighted by Gasteiger charge is 2.32. The van der Waals surface area contributed by atoms with Crippen molar-refractivity contribution in [2.75, 3.05) is 26.2 Å². The maximum Gasteiger partial charge on any atom is 0.225 e. The van der Waals surface area contributed by atoms with Gasteiger partial charge in [-0.3, -0.25) is 9.69 Å². The van der Waals surface area contributed by atoms with Crippen molar-refractivity contribution >= 4 is 5.91 Å². The van der Waals surface area contributed by atoms with E-state index in [1.54, 1.807) is 6.20 Å². The quantitative estimate of drug-likeness (QED) is 0.882. The fourth-order valence-corrected chi connectivity index (χ4v) is 2.91. The van der Waals surface area contributed by atoms with Crippen LogP contribution in [0.4, 0.5) is 0 Å². The second kappa shape index (κ2) is 7.24. The maximum absolute atomic E-state index is 12.4. The lowest BCUT2D eigenvalue weighted by molar-refractivity contribution is -0.137. The largest absolute Gasteiger partial charge is 0.392 e. The number of imidazole rings is 1. The predicted octanol–water partition coefficient (Wildman–Crippen LogP) is 1.03. The molecule has 2 heterocycles. The zero-order valence-corrected chi connectivity index (χ0v) is 14.1.